The number of carbonyl (C=O) groups is 2. The Labute approximate surface area is 147 Å². The Kier molecular flexibility index (Phi) is 6.83. The van der Waals surface area contributed by atoms with Crippen molar-refractivity contribution >= 4 is 12.3 Å². The first-order valence-corrected chi connectivity index (χ1v) is 7.93. The highest BCUT2D eigenvalue weighted by atomic mass is 16.5. The van der Waals surface area contributed by atoms with Crippen molar-refractivity contribution in [2.45, 2.75) is 12.5 Å². The number of methoxy groups -OCH3 is 2. The van der Waals surface area contributed by atoms with Gasteiger partial charge in [0.05, 0.1) is 14.2 Å². The van der Waals surface area contributed by atoms with E-state index in [-0.39, 0.29) is 5.91 Å². The lowest BCUT2D eigenvalue weighted by atomic mass is 10.1. The minimum Gasteiger partial charge on any atom is -0.493 e. The lowest BCUT2D eigenvalue weighted by Crippen LogP contribution is -2.38. The molecule has 6 heteroatoms. The van der Waals surface area contributed by atoms with Crippen molar-refractivity contribution < 1.29 is 19.1 Å². The standard InChI is InChI=1S/C19H22N2O4/c1-24-16-9-8-14(12-17(16)25-2)10-11-20-19(23)18(21-13-22)15-6-4-3-5-7-15/h3-9,12-13,18H,10-11H2,1-2H3,(H,20,23)(H,21,22). The quantitative estimate of drug-likeness (QED) is 0.682. The monoisotopic (exact) mass is 342 g/mol. The molecule has 0 aromatic heterocycles. The maximum absolute atomic E-state index is 12.4. The molecular formula is C19H22N2O4. The lowest BCUT2D eigenvalue weighted by molar-refractivity contribution is -0.125. The molecule has 2 aromatic rings. The molecule has 0 fully saturated rings. The average Bonchev–Trinajstić information content (AvgIpc) is 2.66. The van der Waals surface area contributed by atoms with Gasteiger partial charge in [0.25, 0.3) is 0 Å². The average molecular weight is 342 g/mol. The number of rotatable bonds is 9. The molecule has 0 aliphatic carbocycles. The molecule has 2 amide bonds. The molecule has 0 heterocycles. The van der Waals surface area contributed by atoms with Gasteiger partial charge in [0.1, 0.15) is 6.04 Å². The summed E-state index contributed by atoms with van der Waals surface area (Å²) in [5.74, 6) is 1.06. The minimum atomic E-state index is -0.705. The minimum absolute atomic E-state index is 0.251. The van der Waals surface area contributed by atoms with Crippen LogP contribution in [0.2, 0.25) is 0 Å². The van der Waals surface area contributed by atoms with E-state index in [1.807, 2.05) is 36.4 Å². The van der Waals surface area contributed by atoms with Gasteiger partial charge in [0, 0.05) is 6.54 Å². The Morgan fingerprint density at radius 1 is 1.08 bits per heavy atom. The van der Waals surface area contributed by atoms with Gasteiger partial charge in [-0.1, -0.05) is 36.4 Å². The molecule has 25 heavy (non-hydrogen) atoms. The molecule has 2 rings (SSSR count). The molecule has 0 radical (unpaired) electrons. The van der Waals surface area contributed by atoms with E-state index in [2.05, 4.69) is 10.6 Å². The van der Waals surface area contributed by atoms with E-state index in [1.165, 1.54) is 0 Å². The highest BCUT2D eigenvalue weighted by molar-refractivity contribution is 5.84. The van der Waals surface area contributed by atoms with Crippen LogP contribution in [0.1, 0.15) is 17.2 Å². The first kappa shape index (κ1) is 18.3. The predicted molar refractivity (Wildman–Crippen MR) is 94.6 cm³/mol. The van der Waals surface area contributed by atoms with E-state index < -0.39 is 6.04 Å². The molecule has 6 nitrogen and oxygen atoms in total. The molecule has 1 atom stereocenters. The van der Waals surface area contributed by atoms with Crippen LogP contribution in [0.25, 0.3) is 0 Å². The number of ether oxygens (including phenoxy) is 2. The first-order valence-electron chi connectivity index (χ1n) is 7.93. The summed E-state index contributed by atoms with van der Waals surface area (Å²) >= 11 is 0. The predicted octanol–water partition coefficient (Wildman–Crippen LogP) is 1.85. The Morgan fingerprint density at radius 2 is 1.80 bits per heavy atom. The highest BCUT2D eigenvalue weighted by Crippen LogP contribution is 2.27. The Balaban J connectivity index is 1.95. The summed E-state index contributed by atoms with van der Waals surface area (Å²) < 4.78 is 10.5. The molecule has 132 valence electrons. The fraction of sp³-hybridized carbons (Fsp3) is 0.263. The van der Waals surface area contributed by atoms with Gasteiger partial charge >= 0.3 is 0 Å². The van der Waals surface area contributed by atoms with Crippen LogP contribution in [0.3, 0.4) is 0 Å². The van der Waals surface area contributed by atoms with Crippen molar-refractivity contribution in [1.82, 2.24) is 10.6 Å². The van der Waals surface area contributed by atoms with Crippen LogP contribution in [0.5, 0.6) is 11.5 Å². The molecule has 0 spiro atoms. The molecule has 2 N–H and O–H groups in total. The molecular weight excluding hydrogens is 320 g/mol. The van der Waals surface area contributed by atoms with Crippen molar-refractivity contribution in [3.8, 4) is 11.5 Å². The zero-order valence-corrected chi connectivity index (χ0v) is 14.3. The summed E-state index contributed by atoms with van der Waals surface area (Å²) in [6.45, 7) is 0.443. The van der Waals surface area contributed by atoms with Crippen LogP contribution < -0.4 is 20.1 Å². The van der Waals surface area contributed by atoms with Gasteiger partial charge in [-0.2, -0.15) is 0 Å². The molecule has 0 aliphatic heterocycles. The molecule has 2 aromatic carbocycles. The number of benzene rings is 2. The molecule has 1 unspecified atom stereocenters. The topological polar surface area (TPSA) is 76.7 Å². The van der Waals surface area contributed by atoms with Crippen LogP contribution in [0.4, 0.5) is 0 Å². The van der Waals surface area contributed by atoms with Crippen molar-refractivity contribution in [2.75, 3.05) is 20.8 Å². The second-order valence-electron chi connectivity index (χ2n) is 5.36. The largest absolute Gasteiger partial charge is 0.493 e. The summed E-state index contributed by atoms with van der Waals surface area (Å²) in [5.41, 5.74) is 1.75. The van der Waals surface area contributed by atoms with Gasteiger partial charge in [0.15, 0.2) is 11.5 Å². The van der Waals surface area contributed by atoms with E-state index in [1.54, 1.807) is 26.4 Å². The number of hydrogen-bond donors (Lipinski definition) is 2. The number of amides is 2. The van der Waals surface area contributed by atoms with E-state index in [4.69, 9.17) is 9.47 Å². The normalized spacial score (nSPS) is 11.3. The van der Waals surface area contributed by atoms with Crippen molar-refractivity contribution in [1.29, 1.82) is 0 Å². The molecule has 0 saturated heterocycles. The maximum Gasteiger partial charge on any atom is 0.247 e. The van der Waals surface area contributed by atoms with Crippen molar-refractivity contribution in [3.63, 3.8) is 0 Å². The SMILES string of the molecule is COc1ccc(CCNC(=O)C(NC=O)c2ccccc2)cc1OC. The highest BCUT2D eigenvalue weighted by Gasteiger charge is 2.19. The van der Waals surface area contributed by atoms with E-state index in [0.29, 0.717) is 30.9 Å². The Hall–Kier alpha value is -3.02. The van der Waals surface area contributed by atoms with Crippen LogP contribution in [0, 0.1) is 0 Å². The van der Waals surface area contributed by atoms with Gasteiger partial charge in [-0.05, 0) is 29.7 Å². The van der Waals surface area contributed by atoms with Gasteiger partial charge in [-0.15, -0.1) is 0 Å². The smallest absolute Gasteiger partial charge is 0.247 e. The summed E-state index contributed by atoms with van der Waals surface area (Å²) in [4.78, 5) is 23.2. The summed E-state index contributed by atoms with van der Waals surface area (Å²) in [7, 11) is 3.17. The Morgan fingerprint density at radius 3 is 2.44 bits per heavy atom. The van der Waals surface area contributed by atoms with E-state index in [0.717, 1.165) is 11.1 Å². The van der Waals surface area contributed by atoms with Gasteiger partial charge in [0.2, 0.25) is 12.3 Å². The molecule has 0 saturated carbocycles. The van der Waals surface area contributed by atoms with E-state index >= 15 is 0 Å². The number of nitrogens with one attached hydrogen (secondary N) is 2. The van der Waals surface area contributed by atoms with Crippen LogP contribution >= 0.6 is 0 Å². The van der Waals surface area contributed by atoms with Crippen LogP contribution in [-0.4, -0.2) is 33.1 Å². The number of carbonyl (C=O) groups excluding carboxylic acids is 2. The number of hydrogen-bond acceptors (Lipinski definition) is 4. The second-order valence-corrected chi connectivity index (χ2v) is 5.36. The van der Waals surface area contributed by atoms with E-state index in [9.17, 15) is 9.59 Å². The third-order valence-corrected chi connectivity index (χ3v) is 3.79. The van der Waals surface area contributed by atoms with Gasteiger partial charge in [-0.3, -0.25) is 9.59 Å². The van der Waals surface area contributed by atoms with Crippen LogP contribution in [0.15, 0.2) is 48.5 Å². The maximum atomic E-state index is 12.4. The van der Waals surface area contributed by atoms with Crippen LogP contribution in [-0.2, 0) is 16.0 Å². The van der Waals surface area contributed by atoms with Crippen molar-refractivity contribution in [3.05, 3.63) is 59.7 Å². The van der Waals surface area contributed by atoms with Crippen molar-refractivity contribution in [2.24, 2.45) is 0 Å². The molecule has 0 aliphatic rings. The summed E-state index contributed by atoms with van der Waals surface area (Å²) in [6, 6.07) is 14.0. The fourth-order valence-corrected chi connectivity index (χ4v) is 2.51. The molecule has 0 bridgehead atoms. The summed E-state index contributed by atoms with van der Waals surface area (Å²) in [6.07, 6.45) is 1.17. The third-order valence-electron chi connectivity index (χ3n) is 3.79. The third kappa shape index (κ3) is 4.97. The zero-order valence-electron chi connectivity index (χ0n) is 14.3. The lowest BCUT2D eigenvalue weighted by Gasteiger charge is -2.16. The van der Waals surface area contributed by atoms with Gasteiger partial charge < -0.3 is 20.1 Å². The summed E-state index contributed by atoms with van der Waals surface area (Å²) in [5, 5.41) is 5.40. The fourth-order valence-electron chi connectivity index (χ4n) is 2.51. The zero-order chi connectivity index (χ0) is 18.1. The second kappa shape index (κ2) is 9.32. The van der Waals surface area contributed by atoms with Gasteiger partial charge in [-0.25, -0.2) is 0 Å². The first-order chi connectivity index (χ1) is 12.2. The Bertz CT molecular complexity index is 704.